The van der Waals surface area contributed by atoms with Crippen LogP contribution in [0.15, 0.2) is 67.5 Å². The van der Waals surface area contributed by atoms with Crippen LogP contribution in [0.1, 0.15) is 36.8 Å². The standard InChI is InChI=1S/C32H31ClF3N11O2/c1-46-18-24(33)28(45-46)27-23(32(34,35)36)15-39-29(44-27)43-21-8-10-22(11-9-21)47(31(48)42-12-19-6-4-3-5-7-19)26-17-37-25(16-38-26)20-13-40-30(49-2)41-14-20/h3-7,13-18,21-22H,8-12H2,1-2H3,(H,42,48)(H,39,43,44)/t21-,22-. The van der Waals surface area contributed by atoms with E-state index in [1.165, 1.54) is 24.2 Å². The number of nitrogens with zero attached hydrogens (tertiary/aromatic N) is 9. The second-order valence-electron chi connectivity index (χ2n) is 11.3. The van der Waals surface area contributed by atoms with Gasteiger partial charge in [0.2, 0.25) is 5.95 Å². The SMILES string of the molecule is COc1ncc(-c2cnc(N(C(=O)NCc3ccccc3)[C@H]3CC[C@H](Nc4ncc(C(F)(F)F)c(-c5nn(C)cc5Cl)n4)CC3)cn2)cn1. The smallest absolute Gasteiger partial charge is 0.420 e. The van der Waals surface area contributed by atoms with Gasteiger partial charge in [0.15, 0.2) is 5.82 Å². The Kier molecular flexibility index (Phi) is 9.85. The van der Waals surface area contributed by atoms with E-state index in [1.54, 1.807) is 30.5 Å². The predicted octanol–water partition coefficient (Wildman–Crippen LogP) is 5.94. The van der Waals surface area contributed by atoms with E-state index in [2.05, 4.69) is 45.6 Å². The van der Waals surface area contributed by atoms with Crippen LogP contribution in [-0.4, -0.2) is 64.9 Å². The molecule has 13 nitrogen and oxygen atoms in total. The predicted molar refractivity (Wildman–Crippen MR) is 175 cm³/mol. The van der Waals surface area contributed by atoms with E-state index >= 15 is 0 Å². The highest BCUT2D eigenvalue weighted by Gasteiger charge is 2.37. The molecule has 0 atom stereocenters. The zero-order valence-electron chi connectivity index (χ0n) is 26.4. The maximum absolute atomic E-state index is 13.8. The zero-order valence-corrected chi connectivity index (χ0v) is 27.2. The molecule has 1 saturated carbocycles. The minimum absolute atomic E-state index is 0.0228. The molecule has 6 rings (SSSR count). The average Bonchev–Trinajstić information content (AvgIpc) is 3.45. The second kappa shape index (κ2) is 14.4. The van der Waals surface area contributed by atoms with Crippen LogP contribution in [0.25, 0.3) is 22.6 Å². The molecule has 0 saturated heterocycles. The number of carbonyl (C=O) groups excluding carboxylic acids is 1. The Balaban J connectivity index is 1.19. The molecule has 2 amide bonds. The Bertz CT molecular complexity index is 1880. The number of rotatable bonds is 9. The van der Waals surface area contributed by atoms with Gasteiger partial charge in [-0.25, -0.2) is 29.7 Å². The Morgan fingerprint density at radius 1 is 0.980 bits per heavy atom. The number of urea groups is 1. The fraction of sp³-hybridized carbons (Fsp3) is 0.312. The summed E-state index contributed by atoms with van der Waals surface area (Å²) in [5, 5.41) is 10.3. The lowest BCUT2D eigenvalue weighted by atomic mass is 9.90. The third-order valence-corrected chi connectivity index (χ3v) is 8.27. The lowest BCUT2D eigenvalue weighted by Gasteiger charge is -2.36. The summed E-state index contributed by atoms with van der Waals surface area (Å²) in [5.74, 6) is 0.387. The second-order valence-corrected chi connectivity index (χ2v) is 11.7. The molecule has 49 heavy (non-hydrogen) atoms. The number of halogens is 4. The van der Waals surface area contributed by atoms with Crippen molar-refractivity contribution in [2.24, 2.45) is 7.05 Å². The molecule has 1 aromatic carbocycles. The van der Waals surface area contributed by atoms with E-state index in [1.807, 2.05) is 30.3 Å². The van der Waals surface area contributed by atoms with Crippen molar-refractivity contribution >= 4 is 29.4 Å². The minimum Gasteiger partial charge on any atom is -0.467 e. The number of alkyl halides is 3. The highest BCUT2D eigenvalue weighted by atomic mass is 35.5. The van der Waals surface area contributed by atoms with Crippen molar-refractivity contribution in [3.63, 3.8) is 0 Å². The molecule has 0 unspecified atom stereocenters. The van der Waals surface area contributed by atoms with Crippen LogP contribution in [-0.2, 0) is 19.8 Å². The van der Waals surface area contributed by atoms with Crippen molar-refractivity contribution < 1.29 is 22.7 Å². The van der Waals surface area contributed by atoms with Crippen LogP contribution < -0.4 is 20.3 Å². The summed E-state index contributed by atoms with van der Waals surface area (Å²) in [7, 11) is 3.03. The molecule has 0 aliphatic heterocycles. The van der Waals surface area contributed by atoms with E-state index in [0.717, 1.165) is 11.8 Å². The van der Waals surface area contributed by atoms with Gasteiger partial charge in [0, 0.05) is 56.0 Å². The number of nitrogens with one attached hydrogen (secondary N) is 2. The van der Waals surface area contributed by atoms with E-state index in [-0.39, 0.29) is 40.8 Å². The highest BCUT2D eigenvalue weighted by molar-refractivity contribution is 6.32. The Morgan fingerprint density at radius 2 is 1.71 bits per heavy atom. The molecule has 5 aromatic rings. The Labute approximate surface area is 284 Å². The fourth-order valence-electron chi connectivity index (χ4n) is 5.58. The summed E-state index contributed by atoms with van der Waals surface area (Å²) >= 11 is 6.19. The van der Waals surface area contributed by atoms with Gasteiger partial charge in [0.05, 0.1) is 30.2 Å². The quantitative estimate of drug-likeness (QED) is 0.190. The highest BCUT2D eigenvalue weighted by Crippen LogP contribution is 2.38. The van der Waals surface area contributed by atoms with Gasteiger partial charge in [0.25, 0.3) is 0 Å². The van der Waals surface area contributed by atoms with Crippen molar-refractivity contribution in [3.8, 4) is 28.7 Å². The summed E-state index contributed by atoms with van der Waals surface area (Å²) in [5.41, 5.74) is 0.555. The molecule has 2 N–H and O–H groups in total. The summed E-state index contributed by atoms with van der Waals surface area (Å²) in [6.45, 7) is 0.315. The molecule has 254 valence electrons. The number of methoxy groups -OCH3 is 1. The van der Waals surface area contributed by atoms with Gasteiger partial charge in [-0.1, -0.05) is 41.9 Å². The maximum Gasteiger partial charge on any atom is 0.420 e. The Hall–Kier alpha value is -5.38. The van der Waals surface area contributed by atoms with Crippen molar-refractivity contribution in [1.82, 2.24) is 45.0 Å². The van der Waals surface area contributed by atoms with Gasteiger partial charge >= 0.3 is 18.2 Å². The lowest BCUT2D eigenvalue weighted by Crippen LogP contribution is -2.49. The molecule has 0 bridgehead atoms. The summed E-state index contributed by atoms with van der Waals surface area (Å²) < 4.78 is 47.9. The fourth-order valence-corrected chi connectivity index (χ4v) is 5.85. The molecule has 1 aliphatic carbocycles. The van der Waals surface area contributed by atoms with Crippen LogP contribution in [0.3, 0.4) is 0 Å². The number of ether oxygens (including phenoxy) is 1. The minimum atomic E-state index is -4.71. The molecule has 4 aromatic heterocycles. The number of anilines is 2. The first-order valence-electron chi connectivity index (χ1n) is 15.3. The molecule has 4 heterocycles. The molecular weight excluding hydrogens is 663 g/mol. The lowest BCUT2D eigenvalue weighted by molar-refractivity contribution is -0.137. The van der Waals surface area contributed by atoms with Crippen LogP contribution in [0.4, 0.5) is 29.7 Å². The topological polar surface area (TPSA) is 149 Å². The summed E-state index contributed by atoms with van der Waals surface area (Å²) in [6.07, 6.45) is 5.94. The van der Waals surface area contributed by atoms with E-state index < -0.39 is 17.4 Å². The summed E-state index contributed by atoms with van der Waals surface area (Å²) in [4.78, 5) is 40.8. The molecule has 1 aliphatic rings. The van der Waals surface area contributed by atoms with Gasteiger partial charge < -0.3 is 15.4 Å². The van der Waals surface area contributed by atoms with Crippen molar-refractivity contribution in [1.29, 1.82) is 0 Å². The van der Waals surface area contributed by atoms with Gasteiger partial charge in [-0.05, 0) is 31.2 Å². The van der Waals surface area contributed by atoms with E-state index in [4.69, 9.17) is 16.3 Å². The average molecular weight is 694 g/mol. The molecule has 17 heteroatoms. The normalized spacial score (nSPS) is 16.2. The number of aromatic nitrogens is 8. The van der Waals surface area contributed by atoms with E-state index in [0.29, 0.717) is 49.3 Å². The third-order valence-electron chi connectivity index (χ3n) is 7.99. The molecular formula is C32H31ClF3N11O2. The van der Waals surface area contributed by atoms with Gasteiger partial charge in [-0.15, -0.1) is 0 Å². The van der Waals surface area contributed by atoms with Crippen LogP contribution >= 0.6 is 11.6 Å². The molecule has 1 fully saturated rings. The monoisotopic (exact) mass is 693 g/mol. The number of carbonyl (C=O) groups is 1. The maximum atomic E-state index is 13.8. The van der Waals surface area contributed by atoms with Gasteiger partial charge in [-0.3, -0.25) is 14.6 Å². The number of aryl methyl sites for hydroxylation is 1. The zero-order chi connectivity index (χ0) is 34.5. The van der Waals surface area contributed by atoms with Crippen LogP contribution in [0.5, 0.6) is 6.01 Å². The number of hydrogen-bond donors (Lipinski definition) is 2. The number of amides is 2. The van der Waals surface area contributed by atoms with Crippen molar-refractivity contribution in [2.75, 3.05) is 17.3 Å². The van der Waals surface area contributed by atoms with Crippen LogP contribution in [0, 0.1) is 0 Å². The largest absolute Gasteiger partial charge is 0.467 e. The number of benzene rings is 1. The third kappa shape index (κ3) is 7.85. The van der Waals surface area contributed by atoms with E-state index in [9.17, 15) is 18.0 Å². The Morgan fingerprint density at radius 3 is 2.33 bits per heavy atom. The van der Waals surface area contributed by atoms with Crippen molar-refractivity contribution in [3.05, 3.63) is 83.7 Å². The molecule has 0 spiro atoms. The first-order valence-corrected chi connectivity index (χ1v) is 15.7. The number of hydrogen-bond acceptors (Lipinski definition) is 10. The summed E-state index contributed by atoms with van der Waals surface area (Å²) in [6, 6.07) is 9.02. The molecule has 0 radical (unpaired) electrons. The van der Waals surface area contributed by atoms with Gasteiger partial charge in [0.1, 0.15) is 17.0 Å². The van der Waals surface area contributed by atoms with Crippen molar-refractivity contribution in [2.45, 2.75) is 50.5 Å². The van der Waals surface area contributed by atoms with Gasteiger partial charge in [-0.2, -0.15) is 18.3 Å². The van der Waals surface area contributed by atoms with Crippen LogP contribution in [0.2, 0.25) is 5.02 Å². The first kappa shape index (κ1) is 33.5. The first-order chi connectivity index (χ1) is 23.6.